The monoisotopic (exact) mass is 637 g/mol. The number of carbonyl (C=O) groups excluding carboxylic acids is 1. The molecule has 0 spiro atoms. The highest BCUT2D eigenvalue weighted by Crippen LogP contribution is 2.46. The number of thiophene rings is 1. The average Bonchev–Trinajstić information content (AvgIpc) is 3.54. The van der Waals surface area contributed by atoms with Gasteiger partial charge in [0.05, 0.1) is 24.5 Å². The van der Waals surface area contributed by atoms with Gasteiger partial charge >= 0.3 is 0 Å². The van der Waals surface area contributed by atoms with Crippen LogP contribution >= 0.6 is 11.3 Å². The van der Waals surface area contributed by atoms with E-state index < -0.39 is 5.82 Å². The van der Waals surface area contributed by atoms with E-state index in [0.29, 0.717) is 42.4 Å². The van der Waals surface area contributed by atoms with Gasteiger partial charge in [-0.1, -0.05) is 18.7 Å². The third-order valence-electron chi connectivity index (χ3n) is 8.55. The molecule has 7 rings (SSSR count). The van der Waals surface area contributed by atoms with E-state index >= 15 is 0 Å². The highest BCUT2D eigenvalue weighted by molar-refractivity contribution is 7.18. The van der Waals surface area contributed by atoms with Crippen molar-refractivity contribution in [1.82, 2.24) is 24.8 Å². The molecule has 5 heterocycles. The van der Waals surface area contributed by atoms with Gasteiger partial charge in [-0.3, -0.25) is 9.59 Å². The van der Waals surface area contributed by atoms with E-state index in [1.807, 2.05) is 5.38 Å². The van der Waals surface area contributed by atoms with Crippen molar-refractivity contribution in [3.63, 3.8) is 0 Å². The zero-order valence-corrected chi connectivity index (χ0v) is 26.1. The molecule has 3 aromatic heterocycles. The molecule has 2 aliphatic heterocycles. The molecule has 1 N–H and O–H groups in total. The van der Waals surface area contributed by atoms with E-state index in [0.717, 1.165) is 46.4 Å². The van der Waals surface area contributed by atoms with Crippen molar-refractivity contribution in [1.29, 1.82) is 0 Å². The number of ether oxygens (including phenoxy) is 2. The first-order valence-corrected chi connectivity index (χ1v) is 16.0. The van der Waals surface area contributed by atoms with Crippen LogP contribution in [-0.4, -0.2) is 65.3 Å². The van der Waals surface area contributed by atoms with Gasteiger partial charge < -0.3 is 24.3 Å². The minimum atomic E-state index is -0.427. The number of rotatable bonds is 9. The van der Waals surface area contributed by atoms with Crippen molar-refractivity contribution in [3.8, 4) is 39.5 Å². The maximum Gasteiger partial charge on any atom is 0.269 e. The Balaban J connectivity index is 1.44. The molecule has 2 aromatic carbocycles. The van der Waals surface area contributed by atoms with E-state index in [1.54, 1.807) is 40.2 Å². The molecule has 0 aliphatic carbocycles. The lowest BCUT2D eigenvalue weighted by Gasteiger charge is -2.39. The molecule has 0 saturated carbocycles. The minimum absolute atomic E-state index is 0.173. The Kier molecular flexibility index (Phi) is 8.20. The Bertz CT molecular complexity index is 2030. The van der Waals surface area contributed by atoms with Gasteiger partial charge in [-0.05, 0) is 59.8 Å². The van der Waals surface area contributed by atoms with Crippen LogP contribution in [0.1, 0.15) is 17.2 Å². The predicted octanol–water partition coefficient (Wildman–Crippen LogP) is 5.23. The van der Waals surface area contributed by atoms with Crippen LogP contribution in [0.25, 0.3) is 43.9 Å². The first-order valence-electron chi connectivity index (χ1n) is 15.1. The number of carbonyl (C=O) groups is 1. The van der Waals surface area contributed by atoms with Crippen LogP contribution in [0, 0.1) is 5.82 Å². The van der Waals surface area contributed by atoms with Gasteiger partial charge in [0, 0.05) is 65.8 Å². The molecular weight excluding hydrogens is 605 g/mol. The topological polar surface area (TPSA) is 98.6 Å². The Morgan fingerprint density at radius 3 is 2.85 bits per heavy atom. The Hall–Kier alpha value is -4.71. The van der Waals surface area contributed by atoms with Crippen LogP contribution in [0.3, 0.4) is 0 Å². The van der Waals surface area contributed by atoms with Gasteiger partial charge in [0.25, 0.3) is 5.56 Å². The Morgan fingerprint density at radius 1 is 1.15 bits per heavy atom. The first-order chi connectivity index (χ1) is 22.4. The molecule has 2 aliphatic rings. The molecule has 5 aromatic rings. The largest absolute Gasteiger partial charge is 0.490 e. The highest BCUT2D eigenvalue weighted by atomic mass is 32.1. The van der Waals surface area contributed by atoms with E-state index in [9.17, 15) is 14.0 Å². The van der Waals surface area contributed by atoms with Crippen LogP contribution in [0.4, 0.5) is 4.39 Å². The lowest BCUT2D eigenvalue weighted by Crippen LogP contribution is -2.52. The number of halogens is 1. The SMILES string of the molecule is C=CC(=O)N1CC(n2cc(-c3nc(-c4ccc5c(c4)CCNC5)c4ccsc4c3-c3ccc(F)cc3OCCOC)ncc2=O)C1. The van der Waals surface area contributed by atoms with Crippen molar-refractivity contribution >= 4 is 27.3 Å². The summed E-state index contributed by atoms with van der Waals surface area (Å²) in [4.78, 5) is 36.7. The highest BCUT2D eigenvalue weighted by Gasteiger charge is 2.32. The van der Waals surface area contributed by atoms with Crippen molar-refractivity contribution in [3.05, 3.63) is 100 Å². The van der Waals surface area contributed by atoms with E-state index in [1.165, 1.54) is 35.5 Å². The van der Waals surface area contributed by atoms with Gasteiger partial charge in [-0.15, -0.1) is 11.3 Å². The number of amides is 1. The zero-order chi connectivity index (χ0) is 31.8. The van der Waals surface area contributed by atoms with Gasteiger partial charge in [-0.2, -0.15) is 0 Å². The van der Waals surface area contributed by atoms with Crippen molar-refractivity contribution in [2.45, 2.75) is 19.0 Å². The number of fused-ring (bicyclic) bond motifs is 2. The number of aromatic nitrogens is 3. The molecular formula is C35H32FN5O4S. The van der Waals surface area contributed by atoms with Gasteiger partial charge in [-0.25, -0.2) is 14.4 Å². The Morgan fingerprint density at radius 2 is 2.02 bits per heavy atom. The maximum absolute atomic E-state index is 14.6. The van der Waals surface area contributed by atoms with Crippen molar-refractivity contribution in [2.24, 2.45) is 0 Å². The lowest BCUT2D eigenvalue weighted by molar-refractivity contribution is -0.131. The van der Waals surface area contributed by atoms with Crippen molar-refractivity contribution < 1.29 is 18.7 Å². The van der Waals surface area contributed by atoms with E-state index in [4.69, 9.17) is 14.5 Å². The van der Waals surface area contributed by atoms with Crippen LogP contribution in [0.2, 0.25) is 0 Å². The first kappa shape index (κ1) is 30.0. The summed E-state index contributed by atoms with van der Waals surface area (Å²) in [6.07, 6.45) is 5.21. The predicted molar refractivity (Wildman–Crippen MR) is 177 cm³/mol. The van der Waals surface area contributed by atoms with Crippen LogP contribution in [0.15, 0.2) is 77.7 Å². The number of nitrogens with one attached hydrogen (secondary N) is 1. The summed E-state index contributed by atoms with van der Waals surface area (Å²) in [6.45, 7) is 6.67. The smallest absolute Gasteiger partial charge is 0.269 e. The molecule has 0 atom stereocenters. The number of pyridine rings is 1. The normalized spacial score (nSPS) is 14.6. The molecule has 11 heteroatoms. The molecule has 1 fully saturated rings. The minimum Gasteiger partial charge on any atom is -0.490 e. The fourth-order valence-electron chi connectivity index (χ4n) is 6.13. The molecule has 0 radical (unpaired) electrons. The van der Waals surface area contributed by atoms with Crippen LogP contribution in [-0.2, 0) is 22.5 Å². The summed E-state index contributed by atoms with van der Waals surface area (Å²) in [6, 6.07) is 12.8. The van der Waals surface area contributed by atoms with Gasteiger partial charge in [0.1, 0.15) is 29.6 Å². The number of methoxy groups -OCH3 is 1. The maximum atomic E-state index is 14.6. The number of likely N-dealkylation sites (tertiary alicyclic amines) is 1. The summed E-state index contributed by atoms with van der Waals surface area (Å²) in [7, 11) is 1.58. The third kappa shape index (κ3) is 5.51. The van der Waals surface area contributed by atoms with Gasteiger partial charge in [0.15, 0.2) is 0 Å². The summed E-state index contributed by atoms with van der Waals surface area (Å²) in [5.41, 5.74) is 6.48. The second kappa shape index (κ2) is 12.6. The fraction of sp³-hybridized carbons (Fsp3) is 0.257. The summed E-state index contributed by atoms with van der Waals surface area (Å²) < 4.78 is 28.4. The molecule has 1 amide bonds. The lowest BCUT2D eigenvalue weighted by atomic mass is 9.94. The summed E-state index contributed by atoms with van der Waals surface area (Å²) >= 11 is 1.56. The standard InChI is InChI=1S/C35H32FN5O4S/c1-3-30(42)40-18-25(19-40)41-20-28(38-17-31(41)43)34-32(26-7-6-24(36)15-29(26)45-12-11-44-2)35-27(9-13-46-35)33(39-34)22-4-5-23-16-37-10-8-21(23)14-22/h3-7,9,13-15,17,20,25,37H,1,8,10-12,16,18-19H2,2H3. The van der Waals surface area contributed by atoms with E-state index in [-0.39, 0.29) is 24.1 Å². The molecule has 234 valence electrons. The molecule has 0 unspecified atom stereocenters. The quantitative estimate of drug-likeness (QED) is 0.175. The summed E-state index contributed by atoms with van der Waals surface area (Å²) in [5, 5.41) is 6.40. The number of hydrogen-bond acceptors (Lipinski definition) is 8. The molecule has 0 bridgehead atoms. The van der Waals surface area contributed by atoms with Crippen LogP contribution < -0.4 is 15.6 Å². The molecule has 1 saturated heterocycles. The fourth-order valence-corrected chi connectivity index (χ4v) is 7.09. The second-order valence-electron chi connectivity index (χ2n) is 11.4. The number of nitrogens with zero attached hydrogens (tertiary/aromatic N) is 4. The number of hydrogen-bond donors (Lipinski definition) is 1. The zero-order valence-electron chi connectivity index (χ0n) is 25.3. The number of benzene rings is 2. The summed E-state index contributed by atoms with van der Waals surface area (Å²) in [5.74, 6) is -0.244. The average molecular weight is 638 g/mol. The second-order valence-corrected chi connectivity index (χ2v) is 12.3. The van der Waals surface area contributed by atoms with E-state index in [2.05, 4.69) is 41.1 Å². The third-order valence-corrected chi connectivity index (χ3v) is 9.48. The molecule has 9 nitrogen and oxygen atoms in total. The van der Waals surface area contributed by atoms with Crippen LogP contribution in [0.5, 0.6) is 5.75 Å². The Labute approximate surface area is 268 Å². The molecule has 46 heavy (non-hydrogen) atoms. The van der Waals surface area contributed by atoms with Gasteiger partial charge in [0.2, 0.25) is 5.91 Å². The van der Waals surface area contributed by atoms with Crippen molar-refractivity contribution in [2.75, 3.05) is 40.0 Å².